The molecule has 2 aromatic heterocycles. The van der Waals surface area contributed by atoms with Gasteiger partial charge in [-0.15, -0.1) is 5.10 Å². The molecule has 4 aromatic rings. The molecule has 4 heterocycles. The number of carboxylic acids is 1. The number of benzene rings is 2. The van der Waals surface area contributed by atoms with Crippen LogP contribution in [0.25, 0.3) is 10.9 Å². The van der Waals surface area contributed by atoms with Gasteiger partial charge in [0, 0.05) is 61.1 Å². The molecule has 25 heteroatoms. The Hall–Kier alpha value is -5.52. The van der Waals surface area contributed by atoms with Crippen LogP contribution in [0.5, 0.6) is 0 Å². The number of carbonyl (C=O) groups excluding carboxylic acids is 3. The summed E-state index contributed by atoms with van der Waals surface area (Å²) in [5.74, 6) is -3.91. The quantitative estimate of drug-likeness (QED) is 0.0277. The van der Waals surface area contributed by atoms with E-state index in [9.17, 15) is 49.8 Å². The van der Waals surface area contributed by atoms with Crippen molar-refractivity contribution in [3.63, 3.8) is 0 Å². The molecular formula is C58H83N7O18. The minimum absolute atomic E-state index is 0.0277. The van der Waals surface area contributed by atoms with Crippen LogP contribution >= 0.6 is 0 Å². The second-order valence-corrected chi connectivity index (χ2v) is 22.2. The van der Waals surface area contributed by atoms with Crippen molar-refractivity contribution in [1.29, 1.82) is 0 Å². The Balaban J connectivity index is 0.899. The smallest absolute Gasteiger partial charge is 0.338 e. The molecule has 2 amide bonds. The van der Waals surface area contributed by atoms with Gasteiger partial charge < -0.3 is 89.5 Å². The number of aliphatic hydroxyl groups is 5. The Labute approximate surface area is 482 Å². The lowest BCUT2D eigenvalue weighted by Crippen LogP contribution is -2.64. The van der Waals surface area contributed by atoms with E-state index in [4.69, 9.17) is 43.6 Å². The van der Waals surface area contributed by atoms with Gasteiger partial charge in [0.15, 0.2) is 24.8 Å². The minimum atomic E-state index is -1.70. The molecule has 25 nitrogen and oxygen atoms in total. The summed E-state index contributed by atoms with van der Waals surface area (Å²) in [6.07, 6.45) is -8.23. The molecule has 2 aromatic carbocycles. The number of esters is 1. The summed E-state index contributed by atoms with van der Waals surface area (Å²) in [6, 6.07) is 15.7. The molecule has 8 unspecified atom stereocenters. The van der Waals surface area contributed by atoms with Crippen LogP contribution < -0.4 is 16.4 Å². The Bertz CT molecular complexity index is 2670. The van der Waals surface area contributed by atoms with E-state index in [1.54, 1.807) is 29.8 Å². The topological polar surface area (TPSA) is 349 Å². The number of nitrogens with two attached hydrogens (primary N) is 1. The van der Waals surface area contributed by atoms with Gasteiger partial charge >= 0.3 is 11.9 Å². The molecule has 8 rings (SSSR count). The molecule has 0 spiro atoms. The van der Waals surface area contributed by atoms with Crippen LogP contribution in [0.1, 0.15) is 94.1 Å². The summed E-state index contributed by atoms with van der Waals surface area (Å²) in [7, 11) is 0. The molecule has 4 fully saturated rings. The fraction of sp³-hybridized carbons (Fsp3) is 0.655. The standard InChI is InChI=1S/C58H83N7O18/c1-34-27-39(54(72)60-20-9-15-41-31-65(63-62-41)22-10-21-64-23-18-38-29-40(16-17-42(38)64)61-46(67)33-77-26-25-76-24-19-59)30-43(51(34)83-57-50(71)49(70)47(68)35(2)78-57)80-58-53(82-56(75)37-13-7-4-8-14-37)52(48(69)45(32-66)81-58)79-44(55(73)74)28-36-11-5-3-6-12-36/h4,7-8,13-14,16-18,23,29,31,34-36,39,43-45,47-53,57-58,66,68-71H,3,5-6,9-12,15,19-22,24-28,30,32-33,59H2,1-2H3,(H,60,72)(H,61,67)(H,73,74)/t34?,35?,39?,43-,44+,45?,47-,48+,49+,50?,51?,52?,53?,57+,58-/m1/s1. The van der Waals surface area contributed by atoms with E-state index >= 15 is 0 Å². The number of carbonyl (C=O) groups is 4. The number of hydrogen-bond acceptors (Lipinski definition) is 20. The highest BCUT2D eigenvalue weighted by atomic mass is 16.7. The Morgan fingerprint density at radius 1 is 0.831 bits per heavy atom. The Kier molecular flexibility index (Phi) is 23.7. The van der Waals surface area contributed by atoms with Crippen LogP contribution in [0.4, 0.5) is 5.69 Å². The first-order valence-electron chi connectivity index (χ1n) is 29.1. The number of carboxylic acid groups (broad SMARTS) is 1. The first-order valence-corrected chi connectivity index (χ1v) is 29.1. The number of nitrogens with zero attached hydrogens (tertiary/aromatic N) is 4. The van der Waals surface area contributed by atoms with Crippen LogP contribution in [-0.2, 0) is 71.8 Å². The van der Waals surface area contributed by atoms with Gasteiger partial charge in [0.2, 0.25) is 11.8 Å². The number of aliphatic hydroxyl groups excluding tert-OH is 5. The molecule has 2 saturated heterocycles. The number of hydrogen-bond donors (Lipinski definition) is 9. The first kappa shape index (κ1) is 63.5. The number of anilines is 1. The second-order valence-electron chi connectivity index (χ2n) is 22.2. The fourth-order valence-electron chi connectivity index (χ4n) is 11.5. The number of nitrogens with one attached hydrogen (secondary N) is 2. The van der Waals surface area contributed by atoms with E-state index in [1.807, 2.05) is 36.7 Å². The van der Waals surface area contributed by atoms with E-state index in [1.165, 1.54) is 19.1 Å². The third-order valence-corrected chi connectivity index (χ3v) is 16.0. The van der Waals surface area contributed by atoms with Gasteiger partial charge in [-0.3, -0.25) is 14.3 Å². The number of ether oxygens (including phenoxy) is 8. The van der Waals surface area contributed by atoms with Crippen molar-refractivity contribution in [3.8, 4) is 0 Å². The van der Waals surface area contributed by atoms with Crippen LogP contribution in [-0.4, -0.2) is 200 Å². The summed E-state index contributed by atoms with van der Waals surface area (Å²) in [5, 5.41) is 80.7. The average Bonchev–Trinajstić information content (AvgIpc) is 4.32. The number of aryl methyl sites for hydroxylation is 3. The van der Waals surface area contributed by atoms with Crippen molar-refractivity contribution < 1.29 is 87.7 Å². The molecule has 15 atom stereocenters. The van der Waals surface area contributed by atoms with Gasteiger partial charge in [-0.1, -0.05) is 62.4 Å². The van der Waals surface area contributed by atoms with Crippen LogP contribution in [0.3, 0.4) is 0 Å². The van der Waals surface area contributed by atoms with Gasteiger partial charge in [-0.05, 0) is 93.7 Å². The zero-order valence-corrected chi connectivity index (χ0v) is 47.2. The van der Waals surface area contributed by atoms with E-state index in [0.717, 1.165) is 55.1 Å². The van der Waals surface area contributed by atoms with Crippen molar-refractivity contribution >= 4 is 40.3 Å². The van der Waals surface area contributed by atoms with Gasteiger partial charge in [0.05, 0.1) is 56.0 Å². The number of rotatable bonds is 29. The lowest BCUT2D eigenvalue weighted by atomic mass is 9.77. The molecular weight excluding hydrogens is 1080 g/mol. The molecule has 4 aliphatic rings. The number of aliphatic carboxylic acids is 1. The molecule has 83 heavy (non-hydrogen) atoms. The third kappa shape index (κ3) is 17.3. The Morgan fingerprint density at radius 3 is 2.37 bits per heavy atom. The van der Waals surface area contributed by atoms with E-state index in [0.29, 0.717) is 58.0 Å². The summed E-state index contributed by atoms with van der Waals surface area (Å²) in [6.45, 7) is 5.59. The maximum absolute atomic E-state index is 14.2. The number of amides is 2. The highest BCUT2D eigenvalue weighted by molar-refractivity contribution is 5.94. The Morgan fingerprint density at radius 2 is 1.61 bits per heavy atom. The molecule has 2 saturated carbocycles. The third-order valence-electron chi connectivity index (χ3n) is 16.0. The van der Waals surface area contributed by atoms with Crippen LogP contribution in [0.2, 0.25) is 0 Å². The van der Waals surface area contributed by atoms with Gasteiger partial charge in [0.25, 0.3) is 0 Å². The molecule has 458 valence electrons. The van der Waals surface area contributed by atoms with Crippen molar-refractivity contribution in [2.24, 2.45) is 23.5 Å². The molecule has 2 aliphatic carbocycles. The molecule has 0 bridgehead atoms. The number of aromatic nitrogens is 4. The van der Waals surface area contributed by atoms with Crippen LogP contribution in [0.15, 0.2) is 67.0 Å². The second kappa shape index (κ2) is 31.0. The molecule has 2 aliphatic heterocycles. The monoisotopic (exact) mass is 1170 g/mol. The maximum Gasteiger partial charge on any atom is 0.338 e. The number of fused-ring (bicyclic) bond motifs is 1. The van der Waals surface area contributed by atoms with Crippen molar-refractivity contribution in [1.82, 2.24) is 24.9 Å². The summed E-state index contributed by atoms with van der Waals surface area (Å²) >= 11 is 0. The largest absolute Gasteiger partial charge is 0.479 e. The predicted octanol–water partition coefficient (Wildman–Crippen LogP) is 2.06. The fourth-order valence-corrected chi connectivity index (χ4v) is 11.5. The van der Waals surface area contributed by atoms with Crippen LogP contribution in [0, 0.1) is 17.8 Å². The lowest BCUT2D eigenvalue weighted by Gasteiger charge is -2.48. The zero-order chi connectivity index (χ0) is 59.0. The van der Waals surface area contributed by atoms with Crippen molar-refractivity contribution in [3.05, 3.63) is 78.2 Å². The van der Waals surface area contributed by atoms with Gasteiger partial charge in [0.1, 0.15) is 43.2 Å². The minimum Gasteiger partial charge on any atom is -0.479 e. The summed E-state index contributed by atoms with van der Waals surface area (Å²) in [5.41, 5.74) is 7.96. The SMILES string of the molecule is CC1CC(C(=O)NCCCc2cn(CCCn3ccc4cc(NC(=O)COCCOCCN)ccc43)nn2)C[C@@H](O[C@@H]2OC(CO)[C@H](O)C(O[C@@H](CC3CCCCC3)C(=O)O)C2OC(=O)c2ccccc2)C1O[C@@H]1OC(C)[C@@H](O)[C@H](O)C1O. The summed E-state index contributed by atoms with van der Waals surface area (Å²) < 4.78 is 52.1. The van der Waals surface area contributed by atoms with E-state index in [2.05, 4.69) is 25.5 Å². The van der Waals surface area contributed by atoms with Gasteiger partial charge in [-0.2, -0.15) is 0 Å². The van der Waals surface area contributed by atoms with E-state index < -0.39 is 110 Å². The lowest BCUT2D eigenvalue weighted by molar-refractivity contribution is -0.349. The molecule has 0 radical (unpaired) electrons. The van der Waals surface area contributed by atoms with Crippen molar-refractivity contribution in [2.75, 3.05) is 51.4 Å². The normalized spacial score (nSPS) is 29.1. The highest BCUT2D eigenvalue weighted by Gasteiger charge is 2.54. The summed E-state index contributed by atoms with van der Waals surface area (Å²) in [4.78, 5) is 53.3. The van der Waals surface area contributed by atoms with Crippen molar-refractivity contribution in [2.45, 2.75) is 177 Å². The average molecular weight is 1170 g/mol. The first-order chi connectivity index (χ1) is 40.1. The molecule has 10 N–H and O–H groups in total. The zero-order valence-electron chi connectivity index (χ0n) is 47.2. The predicted molar refractivity (Wildman–Crippen MR) is 296 cm³/mol. The maximum atomic E-state index is 14.2. The van der Waals surface area contributed by atoms with E-state index in [-0.39, 0.29) is 55.7 Å². The highest BCUT2D eigenvalue weighted by Crippen LogP contribution is 2.39. The van der Waals surface area contributed by atoms with Gasteiger partial charge in [-0.25, -0.2) is 9.59 Å².